The Morgan fingerprint density at radius 3 is 2.21 bits per heavy atom. The predicted octanol–water partition coefficient (Wildman–Crippen LogP) is 2.95. The van der Waals surface area contributed by atoms with E-state index in [0.29, 0.717) is 6.23 Å². The van der Waals surface area contributed by atoms with Gasteiger partial charge in [-0.15, -0.1) is 0 Å². The number of rotatable bonds is 7. The molecule has 0 radical (unpaired) electrons. The lowest BCUT2D eigenvalue weighted by atomic mass is 10.1. The van der Waals surface area contributed by atoms with Gasteiger partial charge in [0.05, 0.1) is 6.10 Å². The lowest BCUT2D eigenvalue weighted by Crippen LogP contribution is -2.46. The molecule has 0 aromatic heterocycles. The minimum absolute atomic E-state index is 0.0297. The van der Waals surface area contributed by atoms with Gasteiger partial charge in [0, 0.05) is 19.1 Å². The van der Waals surface area contributed by atoms with Crippen molar-refractivity contribution in [3.05, 3.63) is 35.9 Å². The Hall–Kier alpha value is -0.683. The molecule has 3 atom stereocenters. The number of hydrogen-bond donors (Lipinski definition) is 1. The van der Waals surface area contributed by atoms with Crippen molar-refractivity contribution in [3.8, 4) is 0 Å². The zero-order valence-electron chi connectivity index (χ0n) is 12.6. The van der Waals surface area contributed by atoms with Crippen molar-refractivity contribution < 1.29 is 14.6 Å². The molecule has 0 heterocycles. The van der Waals surface area contributed by atoms with Gasteiger partial charge in [0.2, 0.25) is 0 Å². The van der Waals surface area contributed by atoms with Crippen LogP contribution in [-0.2, 0) is 9.47 Å². The van der Waals surface area contributed by atoms with Gasteiger partial charge in [-0.3, -0.25) is 0 Å². The number of aliphatic hydroxyl groups excluding tert-OH is 1. The number of hydrogen-bond acceptors (Lipinski definition) is 3. The molecule has 0 saturated carbocycles. The van der Waals surface area contributed by atoms with E-state index in [-0.39, 0.29) is 17.9 Å². The van der Waals surface area contributed by atoms with Crippen LogP contribution in [0.3, 0.4) is 0 Å². The highest BCUT2D eigenvalue weighted by Gasteiger charge is 2.29. The largest absolute Gasteiger partial charge is 0.397 e. The third kappa shape index (κ3) is 4.73. The van der Waals surface area contributed by atoms with Crippen LogP contribution in [0, 0.1) is 0 Å². The minimum Gasteiger partial charge on any atom is -0.397 e. The molecule has 19 heavy (non-hydrogen) atoms. The standard InChI is InChI=1S/C15H26O3Si/c1-12(18-11-19(4,5)13(2)16)15(17-3)14-9-7-6-8-10-14/h6-10,12-13,15-16H,11H2,1-5H3/t12-,13-,15+/m0/s1. The van der Waals surface area contributed by atoms with Gasteiger partial charge < -0.3 is 14.6 Å². The lowest BCUT2D eigenvalue weighted by molar-refractivity contribution is -0.0370. The molecule has 1 rings (SSSR count). The molecule has 0 amide bonds. The highest BCUT2D eigenvalue weighted by atomic mass is 28.3. The van der Waals surface area contributed by atoms with E-state index < -0.39 is 8.07 Å². The smallest absolute Gasteiger partial charge is 0.110 e. The maximum Gasteiger partial charge on any atom is 0.110 e. The molecule has 1 aromatic rings. The van der Waals surface area contributed by atoms with E-state index in [1.54, 1.807) is 7.11 Å². The van der Waals surface area contributed by atoms with Crippen molar-refractivity contribution in [2.45, 2.75) is 44.9 Å². The normalized spacial score (nSPS) is 16.9. The first-order valence-electron chi connectivity index (χ1n) is 6.76. The zero-order chi connectivity index (χ0) is 14.5. The van der Waals surface area contributed by atoms with Crippen LogP contribution >= 0.6 is 0 Å². The molecule has 0 saturated heterocycles. The van der Waals surface area contributed by atoms with E-state index in [0.717, 1.165) is 5.56 Å². The fourth-order valence-electron chi connectivity index (χ4n) is 1.80. The van der Waals surface area contributed by atoms with Crippen LogP contribution < -0.4 is 0 Å². The molecule has 0 aliphatic heterocycles. The summed E-state index contributed by atoms with van der Waals surface area (Å²) < 4.78 is 11.5. The molecule has 0 unspecified atom stereocenters. The summed E-state index contributed by atoms with van der Waals surface area (Å²) in [6.45, 7) is 8.14. The van der Waals surface area contributed by atoms with E-state index in [9.17, 15) is 5.11 Å². The third-order valence-electron chi connectivity index (χ3n) is 3.66. The Kier molecular flexibility index (Phi) is 6.20. The monoisotopic (exact) mass is 282 g/mol. The Bertz CT molecular complexity index is 365. The van der Waals surface area contributed by atoms with E-state index >= 15 is 0 Å². The van der Waals surface area contributed by atoms with Crippen LogP contribution in [0.25, 0.3) is 0 Å². The van der Waals surface area contributed by atoms with E-state index in [1.165, 1.54) is 0 Å². The van der Waals surface area contributed by atoms with Gasteiger partial charge in [0.15, 0.2) is 0 Å². The van der Waals surface area contributed by atoms with Crippen LogP contribution in [-0.4, -0.2) is 38.4 Å². The number of methoxy groups -OCH3 is 1. The molecule has 0 fully saturated rings. The first-order chi connectivity index (χ1) is 8.88. The van der Waals surface area contributed by atoms with Crippen LogP contribution in [0.1, 0.15) is 25.5 Å². The fraction of sp³-hybridized carbons (Fsp3) is 0.600. The maximum absolute atomic E-state index is 9.76. The molecule has 108 valence electrons. The van der Waals surface area contributed by atoms with Gasteiger partial charge in [-0.1, -0.05) is 43.4 Å². The Balaban J connectivity index is 2.63. The first-order valence-corrected chi connectivity index (χ1v) is 10.0. The second-order valence-corrected chi connectivity index (χ2v) is 10.8. The predicted molar refractivity (Wildman–Crippen MR) is 80.8 cm³/mol. The maximum atomic E-state index is 9.76. The first kappa shape index (κ1) is 16.4. The van der Waals surface area contributed by atoms with Gasteiger partial charge in [0.1, 0.15) is 14.2 Å². The molecular weight excluding hydrogens is 256 g/mol. The summed E-state index contributed by atoms with van der Waals surface area (Å²) in [4.78, 5) is 0. The van der Waals surface area contributed by atoms with Crippen LogP contribution in [0.5, 0.6) is 0 Å². The molecule has 0 aliphatic carbocycles. The quantitative estimate of drug-likeness (QED) is 0.782. The summed E-state index contributed by atoms with van der Waals surface area (Å²) in [7, 11) is -0.0221. The van der Waals surface area contributed by atoms with Crippen molar-refractivity contribution in [2.75, 3.05) is 13.3 Å². The van der Waals surface area contributed by atoms with Gasteiger partial charge in [-0.05, 0) is 19.4 Å². The highest BCUT2D eigenvalue weighted by Crippen LogP contribution is 2.23. The average Bonchev–Trinajstić information content (AvgIpc) is 2.38. The molecular formula is C15H26O3Si. The van der Waals surface area contributed by atoms with Crippen molar-refractivity contribution in [3.63, 3.8) is 0 Å². The summed E-state index contributed by atoms with van der Waals surface area (Å²) in [5.41, 5.74) is 0.853. The van der Waals surface area contributed by atoms with Gasteiger partial charge >= 0.3 is 0 Å². The molecule has 0 bridgehead atoms. The van der Waals surface area contributed by atoms with Gasteiger partial charge in [-0.2, -0.15) is 0 Å². The average molecular weight is 282 g/mol. The second kappa shape index (κ2) is 7.19. The molecule has 4 heteroatoms. The fourth-order valence-corrected chi connectivity index (χ4v) is 2.73. The lowest BCUT2D eigenvalue weighted by Gasteiger charge is -2.30. The van der Waals surface area contributed by atoms with E-state index in [2.05, 4.69) is 13.1 Å². The molecule has 0 spiro atoms. The summed E-state index contributed by atoms with van der Waals surface area (Å²) in [6, 6.07) is 10.1. The van der Waals surface area contributed by atoms with E-state index in [1.807, 2.05) is 44.2 Å². The summed E-state index contributed by atoms with van der Waals surface area (Å²) in [5.74, 6) is 0. The van der Waals surface area contributed by atoms with Gasteiger partial charge in [0.25, 0.3) is 0 Å². The Morgan fingerprint density at radius 2 is 1.74 bits per heavy atom. The van der Waals surface area contributed by atoms with Crippen molar-refractivity contribution >= 4 is 8.07 Å². The molecule has 1 aromatic carbocycles. The Labute approximate surface area is 117 Å². The van der Waals surface area contributed by atoms with Gasteiger partial charge in [-0.25, -0.2) is 0 Å². The topological polar surface area (TPSA) is 38.7 Å². The third-order valence-corrected chi connectivity index (χ3v) is 6.83. The Morgan fingerprint density at radius 1 is 1.16 bits per heavy atom. The molecule has 0 aliphatic rings. The molecule has 1 N–H and O–H groups in total. The van der Waals surface area contributed by atoms with Crippen molar-refractivity contribution in [1.82, 2.24) is 0 Å². The molecule has 3 nitrogen and oxygen atoms in total. The SMILES string of the molecule is CO[C@@H](c1ccccc1)[C@H](C)OC[Si](C)(C)[C@@H](C)O. The van der Waals surface area contributed by atoms with Crippen LogP contribution in [0.4, 0.5) is 0 Å². The second-order valence-electron chi connectivity index (χ2n) is 5.75. The van der Waals surface area contributed by atoms with Crippen LogP contribution in [0.2, 0.25) is 13.1 Å². The minimum atomic E-state index is -1.73. The zero-order valence-corrected chi connectivity index (χ0v) is 13.6. The number of aliphatic hydroxyl groups is 1. The summed E-state index contributed by atoms with van der Waals surface area (Å²) >= 11 is 0. The van der Waals surface area contributed by atoms with E-state index in [4.69, 9.17) is 9.47 Å². The highest BCUT2D eigenvalue weighted by molar-refractivity contribution is 6.78. The van der Waals surface area contributed by atoms with Crippen molar-refractivity contribution in [2.24, 2.45) is 0 Å². The van der Waals surface area contributed by atoms with Crippen molar-refractivity contribution in [1.29, 1.82) is 0 Å². The summed E-state index contributed by atoms with van der Waals surface area (Å²) in [5, 5.41) is 9.76. The summed E-state index contributed by atoms with van der Waals surface area (Å²) in [6.07, 6.45) is 0.538. The number of benzene rings is 1. The van der Waals surface area contributed by atoms with Crippen LogP contribution in [0.15, 0.2) is 30.3 Å². The number of ether oxygens (including phenoxy) is 2.